The number of Topliss-reactive ketones (excluding diaryl/α,β-unsaturated/α-hetero) is 2. The molecule has 1 amide bonds. The van der Waals surface area contributed by atoms with Gasteiger partial charge in [-0.05, 0) is 48.7 Å². The Balaban J connectivity index is 1.39. The lowest BCUT2D eigenvalue weighted by Gasteiger charge is -2.36. The summed E-state index contributed by atoms with van der Waals surface area (Å²) in [6.45, 7) is -0.269. The molecule has 2 aliphatic carbocycles. The molecule has 9 heteroatoms. The lowest BCUT2D eigenvalue weighted by atomic mass is 9.73. The number of ketones is 2. The van der Waals surface area contributed by atoms with E-state index in [-0.39, 0.29) is 24.1 Å². The highest BCUT2D eigenvalue weighted by Gasteiger charge is 2.42. The minimum absolute atomic E-state index is 0.00874. The first-order valence-electron chi connectivity index (χ1n) is 12.1. The third-order valence-electron chi connectivity index (χ3n) is 6.72. The zero-order chi connectivity index (χ0) is 26.1. The van der Waals surface area contributed by atoms with Crippen LogP contribution < -0.4 is 14.8 Å². The molecule has 0 spiro atoms. The third-order valence-corrected chi connectivity index (χ3v) is 7.46. The van der Waals surface area contributed by atoms with Gasteiger partial charge in [0.2, 0.25) is 0 Å². The number of hydrogen-bond acceptors (Lipinski definition) is 6. The maximum absolute atomic E-state index is 13.0. The van der Waals surface area contributed by atoms with Crippen LogP contribution in [-0.4, -0.2) is 31.2 Å². The maximum Gasteiger partial charge on any atom is 0.262 e. The topological polar surface area (TPSA) is 90.9 Å². The molecule has 2 aromatic carbocycles. The highest BCUT2D eigenvalue weighted by Crippen LogP contribution is 2.48. The molecule has 3 aliphatic rings. The van der Waals surface area contributed by atoms with Gasteiger partial charge in [0, 0.05) is 48.4 Å². The largest absolute Gasteiger partial charge is 0.493 e. The molecule has 37 heavy (non-hydrogen) atoms. The van der Waals surface area contributed by atoms with Gasteiger partial charge in [0.15, 0.2) is 29.7 Å². The summed E-state index contributed by atoms with van der Waals surface area (Å²) in [5.74, 6) is 1.22. The van der Waals surface area contributed by atoms with E-state index in [1.807, 2.05) is 6.07 Å². The maximum atomic E-state index is 13.0. The molecule has 1 N–H and O–H groups in total. The Morgan fingerprint density at radius 1 is 0.919 bits per heavy atom. The molecule has 0 radical (unpaired) electrons. The number of carbonyl (C=O) groups excluding carboxylic acids is 3. The number of amides is 1. The summed E-state index contributed by atoms with van der Waals surface area (Å²) >= 11 is 11.9. The number of carbonyl (C=O) groups is 3. The lowest BCUT2D eigenvalue weighted by Crippen LogP contribution is -2.30. The van der Waals surface area contributed by atoms with Crippen molar-refractivity contribution in [3.63, 3.8) is 0 Å². The van der Waals surface area contributed by atoms with Crippen LogP contribution >= 0.6 is 23.2 Å². The van der Waals surface area contributed by atoms with E-state index in [4.69, 9.17) is 37.4 Å². The Bertz CT molecular complexity index is 1320. The van der Waals surface area contributed by atoms with Gasteiger partial charge < -0.3 is 19.5 Å². The highest BCUT2D eigenvalue weighted by molar-refractivity contribution is 6.42. The summed E-state index contributed by atoms with van der Waals surface area (Å²) in [5.41, 5.74) is 2.37. The molecule has 0 saturated carbocycles. The lowest BCUT2D eigenvalue weighted by molar-refractivity contribution is -0.119. The molecule has 1 heterocycles. The Morgan fingerprint density at radius 2 is 1.59 bits per heavy atom. The van der Waals surface area contributed by atoms with E-state index in [2.05, 4.69) is 5.32 Å². The monoisotopic (exact) mass is 541 g/mol. The molecule has 0 unspecified atom stereocenters. The minimum atomic E-state index is -0.500. The fourth-order valence-electron chi connectivity index (χ4n) is 5.05. The first-order valence-corrected chi connectivity index (χ1v) is 12.9. The Hall–Kier alpha value is -3.29. The molecule has 0 fully saturated rings. The zero-order valence-electron chi connectivity index (χ0n) is 20.2. The van der Waals surface area contributed by atoms with Crippen LogP contribution in [0.5, 0.6) is 11.5 Å². The van der Waals surface area contributed by atoms with E-state index in [0.29, 0.717) is 75.6 Å². The van der Waals surface area contributed by atoms with Crippen molar-refractivity contribution in [3.05, 3.63) is 74.7 Å². The van der Waals surface area contributed by atoms with Gasteiger partial charge in [-0.2, -0.15) is 0 Å². The van der Waals surface area contributed by atoms with Gasteiger partial charge in [-0.3, -0.25) is 14.4 Å². The predicted octanol–water partition coefficient (Wildman–Crippen LogP) is 6.15. The summed E-state index contributed by atoms with van der Waals surface area (Å²) in [6.07, 6.45) is 3.69. The first-order chi connectivity index (χ1) is 17.9. The first kappa shape index (κ1) is 25.4. The highest BCUT2D eigenvalue weighted by atomic mass is 35.5. The van der Waals surface area contributed by atoms with Crippen molar-refractivity contribution < 1.29 is 28.6 Å². The van der Waals surface area contributed by atoms with Crippen molar-refractivity contribution in [2.24, 2.45) is 0 Å². The van der Waals surface area contributed by atoms with Gasteiger partial charge in [0.05, 0.1) is 17.2 Å². The van der Waals surface area contributed by atoms with Gasteiger partial charge in [-0.1, -0.05) is 29.3 Å². The molecule has 0 aromatic heterocycles. The Morgan fingerprint density at radius 3 is 2.22 bits per heavy atom. The fourth-order valence-corrected chi connectivity index (χ4v) is 5.35. The number of methoxy groups -OCH3 is 1. The van der Waals surface area contributed by atoms with Crippen molar-refractivity contribution in [2.45, 2.75) is 44.4 Å². The SMILES string of the molecule is COc1cc(C2C3=C(CCCC3=O)OC3=C2C(=O)CCC3)ccc1OCC(=O)Nc1ccc(Cl)c(Cl)c1. The number of nitrogens with one attached hydrogen (secondary N) is 1. The predicted molar refractivity (Wildman–Crippen MR) is 139 cm³/mol. The number of hydrogen-bond donors (Lipinski definition) is 1. The standard InChI is InChI=1S/C28H25Cl2NO6/c1-35-24-12-15(8-11-21(24)36-14-25(34)31-16-9-10-17(29)18(30)13-16)26-27-19(32)4-2-6-22(27)37-23-7-3-5-20(33)28(23)26/h8-13,26H,2-7,14H2,1H3,(H,31,34). The van der Waals surface area contributed by atoms with Crippen molar-refractivity contribution >= 4 is 46.4 Å². The molecule has 5 rings (SSSR count). The van der Waals surface area contributed by atoms with Gasteiger partial charge in [-0.15, -0.1) is 0 Å². The average Bonchev–Trinajstić information content (AvgIpc) is 2.89. The molecule has 0 saturated heterocycles. The van der Waals surface area contributed by atoms with Crippen molar-refractivity contribution in [2.75, 3.05) is 19.0 Å². The molecule has 1 aliphatic heterocycles. The normalized spacial score (nSPS) is 17.7. The van der Waals surface area contributed by atoms with Crippen LogP contribution in [0.1, 0.15) is 50.0 Å². The van der Waals surface area contributed by atoms with Crippen LogP contribution in [0.25, 0.3) is 0 Å². The smallest absolute Gasteiger partial charge is 0.262 e. The van der Waals surface area contributed by atoms with Crippen LogP contribution in [0, 0.1) is 0 Å². The van der Waals surface area contributed by atoms with Crippen LogP contribution in [0.4, 0.5) is 5.69 Å². The number of halogens is 2. The number of rotatable bonds is 6. The quantitative estimate of drug-likeness (QED) is 0.471. The Labute approximate surface area is 224 Å². The number of allylic oxidation sites excluding steroid dienone is 4. The van der Waals surface area contributed by atoms with Crippen molar-refractivity contribution in [1.82, 2.24) is 0 Å². The van der Waals surface area contributed by atoms with E-state index in [0.717, 1.165) is 18.4 Å². The van der Waals surface area contributed by atoms with E-state index in [1.54, 1.807) is 30.3 Å². The zero-order valence-corrected chi connectivity index (χ0v) is 21.7. The minimum Gasteiger partial charge on any atom is -0.493 e. The fraction of sp³-hybridized carbons (Fsp3) is 0.321. The van der Waals surface area contributed by atoms with Crippen molar-refractivity contribution in [1.29, 1.82) is 0 Å². The molecule has 0 bridgehead atoms. The summed E-state index contributed by atoms with van der Waals surface area (Å²) in [4.78, 5) is 38.4. The Kier molecular flexibility index (Phi) is 7.26. The van der Waals surface area contributed by atoms with Gasteiger partial charge in [-0.25, -0.2) is 0 Å². The van der Waals surface area contributed by atoms with Gasteiger partial charge in [0.25, 0.3) is 5.91 Å². The second-order valence-electron chi connectivity index (χ2n) is 9.14. The second kappa shape index (κ2) is 10.6. The summed E-state index contributed by atoms with van der Waals surface area (Å²) < 4.78 is 17.4. The number of benzene rings is 2. The number of anilines is 1. The van der Waals surface area contributed by atoms with Crippen LogP contribution in [-0.2, 0) is 19.1 Å². The molecule has 7 nitrogen and oxygen atoms in total. The second-order valence-corrected chi connectivity index (χ2v) is 9.95. The summed E-state index contributed by atoms with van der Waals surface area (Å²) in [5, 5.41) is 3.42. The van der Waals surface area contributed by atoms with Crippen LogP contribution in [0.3, 0.4) is 0 Å². The van der Waals surface area contributed by atoms with E-state index in [1.165, 1.54) is 7.11 Å². The van der Waals surface area contributed by atoms with Gasteiger partial charge in [0.1, 0.15) is 11.5 Å². The summed E-state index contributed by atoms with van der Waals surface area (Å²) in [7, 11) is 1.50. The van der Waals surface area contributed by atoms with E-state index >= 15 is 0 Å². The molecular weight excluding hydrogens is 517 g/mol. The number of ether oxygens (including phenoxy) is 3. The molecule has 192 valence electrons. The average molecular weight is 542 g/mol. The van der Waals surface area contributed by atoms with E-state index in [9.17, 15) is 14.4 Å². The molecular formula is C28H25Cl2NO6. The van der Waals surface area contributed by atoms with Crippen LogP contribution in [0.2, 0.25) is 10.0 Å². The third kappa shape index (κ3) is 5.11. The molecule has 2 aromatic rings. The van der Waals surface area contributed by atoms with Crippen molar-refractivity contribution in [3.8, 4) is 11.5 Å². The summed E-state index contributed by atoms with van der Waals surface area (Å²) in [6, 6.07) is 10.0. The van der Waals surface area contributed by atoms with Gasteiger partial charge >= 0.3 is 0 Å². The van der Waals surface area contributed by atoms with E-state index < -0.39 is 5.92 Å². The van der Waals surface area contributed by atoms with Crippen LogP contribution in [0.15, 0.2) is 59.1 Å². The molecule has 0 atom stereocenters.